The van der Waals surface area contributed by atoms with Gasteiger partial charge in [0.1, 0.15) is 5.69 Å². The van der Waals surface area contributed by atoms with Crippen molar-refractivity contribution in [2.75, 3.05) is 52.3 Å². The van der Waals surface area contributed by atoms with Crippen molar-refractivity contribution in [3.05, 3.63) is 18.0 Å². The molecular weight excluding hydrogens is 464 g/mol. The van der Waals surface area contributed by atoms with Crippen molar-refractivity contribution in [2.24, 2.45) is 10.9 Å². The maximum absolute atomic E-state index is 12.6. The third-order valence-corrected chi connectivity index (χ3v) is 3.77. The Labute approximate surface area is 167 Å². The van der Waals surface area contributed by atoms with E-state index in [0.717, 1.165) is 44.4 Å². The number of aromatic nitrogens is 2. The highest BCUT2D eigenvalue weighted by atomic mass is 127. The lowest BCUT2D eigenvalue weighted by Gasteiger charge is -2.24. The Bertz CT molecular complexity index is 581. The van der Waals surface area contributed by atoms with E-state index in [0.29, 0.717) is 19.0 Å². The monoisotopic (exact) mass is 488 g/mol. The number of rotatable bonds is 6. The highest BCUT2D eigenvalue weighted by Crippen LogP contribution is 2.27. The van der Waals surface area contributed by atoms with Crippen molar-refractivity contribution in [3.8, 4) is 0 Å². The van der Waals surface area contributed by atoms with Crippen LogP contribution in [-0.4, -0.2) is 67.8 Å². The van der Waals surface area contributed by atoms with E-state index in [1.54, 1.807) is 7.05 Å². The van der Waals surface area contributed by atoms with Gasteiger partial charge < -0.3 is 20.3 Å². The van der Waals surface area contributed by atoms with Crippen molar-refractivity contribution in [3.63, 3.8) is 0 Å². The van der Waals surface area contributed by atoms with Crippen LogP contribution >= 0.6 is 24.0 Å². The molecule has 0 aliphatic carbocycles. The molecule has 2 N–H and O–H groups in total. The van der Waals surface area contributed by atoms with Crippen molar-refractivity contribution in [2.45, 2.75) is 12.6 Å². The topological polar surface area (TPSA) is 74.7 Å². The lowest BCUT2D eigenvalue weighted by Crippen LogP contribution is -2.43. The van der Waals surface area contributed by atoms with Crippen molar-refractivity contribution < 1.29 is 17.9 Å². The van der Waals surface area contributed by atoms with Gasteiger partial charge in [0.25, 0.3) is 0 Å². The maximum atomic E-state index is 12.6. The lowest BCUT2D eigenvalue weighted by atomic mass is 10.1. The molecule has 1 fully saturated rings. The summed E-state index contributed by atoms with van der Waals surface area (Å²) >= 11 is 0. The van der Waals surface area contributed by atoms with E-state index in [4.69, 9.17) is 4.74 Å². The van der Waals surface area contributed by atoms with E-state index in [1.807, 2.05) is 11.9 Å². The van der Waals surface area contributed by atoms with Gasteiger partial charge in [0.2, 0.25) is 5.95 Å². The minimum absolute atomic E-state index is 0. The Morgan fingerprint density at radius 2 is 2.19 bits per heavy atom. The number of halogens is 4. The normalized spacial score (nSPS) is 17.6. The van der Waals surface area contributed by atoms with Crippen molar-refractivity contribution in [1.29, 1.82) is 0 Å². The predicted octanol–water partition coefficient (Wildman–Crippen LogP) is 2.07. The number of guanidine groups is 1. The zero-order valence-electron chi connectivity index (χ0n) is 14.7. The van der Waals surface area contributed by atoms with Gasteiger partial charge in [0.05, 0.1) is 6.61 Å². The van der Waals surface area contributed by atoms with Crippen LogP contribution in [0.3, 0.4) is 0 Å². The van der Waals surface area contributed by atoms with Gasteiger partial charge >= 0.3 is 6.18 Å². The van der Waals surface area contributed by atoms with Gasteiger partial charge in [-0.1, -0.05) is 0 Å². The highest BCUT2D eigenvalue weighted by molar-refractivity contribution is 14.0. The van der Waals surface area contributed by atoms with Crippen LogP contribution in [0.15, 0.2) is 17.3 Å². The molecule has 1 saturated heterocycles. The number of hydrogen-bond acceptors (Lipinski definition) is 5. The number of aliphatic imine (C=N–C) groups is 1. The maximum Gasteiger partial charge on any atom is 0.433 e. The Balaban J connectivity index is 0.00000338. The van der Waals surface area contributed by atoms with Crippen molar-refractivity contribution in [1.82, 2.24) is 20.2 Å². The summed E-state index contributed by atoms with van der Waals surface area (Å²) in [4.78, 5) is 13.5. The van der Waals surface area contributed by atoms with E-state index in [-0.39, 0.29) is 29.9 Å². The molecule has 0 bridgehead atoms. The first-order valence-corrected chi connectivity index (χ1v) is 8.04. The molecule has 0 aromatic carbocycles. The summed E-state index contributed by atoms with van der Waals surface area (Å²) in [6.07, 6.45) is -2.36. The van der Waals surface area contributed by atoms with Crippen LogP contribution in [-0.2, 0) is 10.9 Å². The van der Waals surface area contributed by atoms with Crippen LogP contribution in [0, 0.1) is 5.92 Å². The molecular formula is C15H24F3IN6O. The van der Waals surface area contributed by atoms with Gasteiger partial charge in [-0.15, -0.1) is 24.0 Å². The van der Waals surface area contributed by atoms with Gasteiger partial charge in [-0.05, 0) is 12.5 Å². The fourth-order valence-electron chi connectivity index (χ4n) is 2.54. The van der Waals surface area contributed by atoms with E-state index >= 15 is 0 Å². The lowest BCUT2D eigenvalue weighted by molar-refractivity contribution is -0.141. The second-order valence-electron chi connectivity index (χ2n) is 5.77. The Morgan fingerprint density at radius 3 is 2.81 bits per heavy atom. The summed E-state index contributed by atoms with van der Waals surface area (Å²) in [7, 11) is 3.63. The Kier molecular flexibility index (Phi) is 9.33. The predicted molar refractivity (Wildman–Crippen MR) is 104 cm³/mol. The summed E-state index contributed by atoms with van der Waals surface area (Å²) < 4.78 is 43.2. The number of hydrogen-bond donors (Lipinski definition) is 2. The van der Waals surface area contributed by atoms with Gasteiger partial charge in [-0.2, -0.15) is 13.2 Å². The molecule has 1 aliphatic rings. The minimum atomic E-state index is -4.48. The first kappa shape index (κ1) is 22.7. The molecule has 0 radical (unpaired) electrons. The van der Waals surface area contributed by atoms with Gasteiger partial charge in [0.15, 0.2) is 5.96 Å². The Hall–Kier alpha value is -1.37. The average Bonchev–Trinajstić information content (AvgIpc) is 3.07. The van der Waals surface area contributed by atoms with E-state index in [9.17, 15) is 13.2 Å². The quantitative estimate of drug-likeness (QED) is 0.277. The molecule has 1 aromatic heterocycles. The number of ether oxygens (including phenoxy) is 1. The molecule has 1 unspecified atom stereocenters. The first-order chi connectivity index (χ1) is 11.9. The van der Waals surface area contributed by atoms with Crippen LogP contribution in [0.1, 0.15) is 12.1 Å². The molecule has 148 valence electrons. The fourth-order valence-corrected chi connectivity index (χ4v) is 2.54. The van der Waals surface area contributed by atoms with E-state index < -0.39 is 11.9 Å². The SMILES string of the molecule is CN=C(NCCNc1nccc(C(F)(F)F)n1)N(C)CC1CCOC1.I. The summed E-state index contributed by atoms with van der Waals surface area (Å²) in [5, 5.41) is 5.92. The largest absolute Gasteiger partial charge is 0.433 e. The molecule has 1 aliphatic heterocycles. The van der Waals surface area contributed by atoms with Crippen molar-refractivity contribution >= 4 is 35.9 Å². The van der Waals surface area contributed by atoms with Gasteiger partial charge in [0, 0.05) is 52.5 Å². The van der Waals surface area contributed by atoms with Crippen LogP contribution in [0.2, 0.25) is 0 Å². The summed E-state index contributed by atoms with van der Waals surface area (Å²) in [5.74, 6) is 1.15. The fraction of sp³-hybridized carbons (Fsp3) is 0.667. The zero-order valence-corrected chi connectivity index (χ0v) is 17.0. The second-order valence-corrected chi connectivity index (χ2v) is 5.77. The number of anilines is 1. The number of alkyl halides is 3. The third kappa shape index (κ3) is 7.09. The molecule has 0 amide bonds. The molecule has 0 saturated carbocycles. The molecule has 2 heterocycles. The minimum Gasteiger partial charge on any atom is -0.381 e. The molecule has 0 spiro atoms. The number of nitrogens with one attached hydrogen (secondary N) is 2. The van der Waals surface area contributed by atoms with Crippen LogP contribution in [0.4, 0.5) is 19.1 Å². The molecule has 1 atom stereocenters. The van der Waals surface area contributed by atoms with E-state index in [1.165, 1.54) is 0 Å². The molecule has 2 rings (SSSR count). The van der Waals surface area contributed by atoms with Gasteiger partial charge in [-0.25, -0.2) is 9.97 Å². The van der Waals surface area contributed by atoms with Crippen LogP contribution in [0.5, 0.6) is 0 Å². The Morgan fingerprint density at radius 1 is 1.42 bits per heavy atom. The van der Waals surface area contributed by atoms with E-state index in [2.05, 4.69) is 25.6 Å². The zero-order chi connectivity index (χ0) is 18.3. The first-order valence-electron chi connectivity index (χ1n) is 8.04. The van der Waals surface area contributed by atoms with Crippen LogP contribution in [0.25, 0.3) is 0 Å². The molecule has 1 aromatic rings. The third-order valence-electron chi connectivity index (χ3n) is 3.77. The molecule has 7 nitrogen and oxygen atoms in total. The highest BCUT2D eigenvalue weighted by Gasteiger charge is 2.32. The second kappa shape index (κ2) is 10.7. The average molecular weight is 488 g/mol. The van der Waals surface area contributed by atoms with Crippen LogP contribution < -0.4 is 10.6 Å². The summed E-state index contributed by atoms with van der Waals surface area (Å²) in [6, 6.07) is 0.840. The van der Waals surface area contributed by atoms with Gasteiger partial charge in [-0.3, -0.25) is 4.99 Å². The summed E-state index contributed by atoms with van der Waals surface area (Å²) in [6.45, 7) is 3.23. The molecule has 11 heteroatoms. The standard InChI is InChI=1S/C15H23F3N6O.HI/c1-19-14(24(2)9-11-4-8-25-10-11)22-7-6-21-13-20-5-3-12(23-13)15(16,17)18;/h3,5,11H,4,6-10H2,1-2H3,(H,19,22)(H,20,21,23);1H. The molecule has 26 heavy (non-hydrogen) atoms. The summed E-state index contributed by atoms with van der Waals surface area (Å²) in [5.41, 5.74) is -0.965. The smallest absolute Gasteiger partial charge is 0.381 e. The number of nitrogens with zero attached hydrogens (tertiary/aromatic N) is 4.